The van der Waals surface area contributed by atoms with Crippen LogP contribution in [0, 0.1) is 19.8 Å². The summed E-state index contributed by atoms with van der Waals surface area (Å²) in [6.45, 7) is 11.3. The molecule has 1 N–H and O–H groups in total. The molecule has 3 saturated heterocycles. The number of nitrogens with zero attached hydrogens (tertiary/aromatic N) is 4. The third-order valence-corrected chi connectivity index (χ3v) is 6.57. The highest BCUT2D eigenvalue weighted by atomic mass is 16.5. The van der Waals surface area contributed by atoms with E-state index in [1.807, 2.05) is 6.92 Å². The lowest BCUT2D eigenvalue weighted by Gasteiger charge is -2.46. The van der Waals surface area contributed by atoms with E-state index in [0.717, 1.165) is 18.8 Å². The van der Waals surface area contributed by atoms with Crippen LogP contribution in [0.25, 0.3) is 0 Å². The summed E-state index contributed by atoms with van der Waals surface area (Å²) in [5.41, 5.74) is 3.65. The van der Waals surface area contributed by atoms with Gasteiger partial charge in [0.1, 0.15) is 18.5 Å². The zero-order chi connectivity index (χ0) is 21.6. The van der Waals surface area contributed by atoms with Gasteiger partial charge in [-0.05, 0) is 49.9 Å². The van der Waals surface area contributed by atoms with Gasteiger partial charge >= 0.3 is 6.03 Å². The quantitative estimate of drug-likeness (QED) is 0.737. The molecule has 0 bridgehead atoms. The van der Waals surface area contributed by atoms with Crippen molar-refractivity contribution in [2.24, 2.45) is 5.92 Å². The first-order valence-corrected chi connectivity index (χ1v) is 10.8. The first-order chi connectivity index (χ1) is 14.3. The molecule has 3 aliphatic heterocycles. The highest BCUT2D eigenvalue weighted by molar-refractivity contribution is 6.00. The van der Waals surface area contributed by atoms with E-state index in [2.05, 4.69) is 54.1 Å². The van der Waals surface area contributed by atoms with Crippen LogP contribution in [0.5, 0.6) is 0 Å². The number of hydrogen-bond donors (Lipinski definition) is 1. The molecule has 4 unspecified atom stereocenters. The fourth-order valence-corrected chi connectivity index (χ4v) is 4.83. The van der Waals surface area contributed by atoms with Gasteiger partial charge in [0.05, 0.1) is 13.2 Å². The number of amides is 3. The minimum absolute atomic E-state index is 0.121. The molecule has 8 nitrogen and oxygen atoms in total. The Kier molecular flexibility index (Phi) is 5.74. The third-order valence-electron chi connectivity index (χ3n) is 6.57. The van der Waals surface area contributed by atoms with Crippen LogP contribution < -0.4 is 10.2 Å². The molecule has 4 rings (SSSR count). The first kappa shape index (κ1) is 21.1. The number of hydrogen-bond acceptors (Lipinski definition) is 6. The van der Waals surface area contributed by atoms with Crippen LogP contribution in [0.2, 0.25) is 0 Å². The van der Waals surface area contributed by atoms with Crippen molar-refractivity contribution in [3.63, 3.8) is 0 Å². The molecule has 3 heterocycles. The molecular weight excluding hydrogens is 382 g/mol. The number of carbonyl (C=O) groups excluding carboxylic acids is 2. The maximum absolute atomic E-state index is 13.4. The van der Waals surface area contributed by atoms with E-state index >= 15 is 0 Å². The number of imide groups is 1. The number of anilines is 1. The number of carbonyl (C=O) groups is 2. The Balaban J connectivity index is 1.63. The van der Waals surface area contributed by atoms with Crippen LogP contribution in [0.3, 0.4) is 0 Å². The second-order valence-electron chi connectivity index (χ2n) is 8.73. The van der Waals surface area contributed by atoms with Crippen LogP contribution >= 0.6 is 0 Å². The number of rotatable bonds is 5. The topological polar surface area (TPSA) is 68.4 Å². The van der Waals surface area contributed by atoms with E-state index < -0.39 is 6.04 Å². The van der Waals surface area contributed by atoms with Crippen molar-refractivity contribution in [2.45, 2.75) is 46.2 Å². The van der Waals surface area contributed by atoms with E-state index in [1.165, 1.54) is 16.0 Å². The van der Waals surface area contributed by atoms with Gasteiger partial charge < -0.3 is 14.5 Å². The average Bonchev–Trinajstić information content (AvgIpc) is 3.10. The maximum Gasteiger partial charge on any atom is 0.327 e. The summed E-state index contributed by atoms with van der Waals surface area (Å²) >= 11 is 0. The molecule has 4 atom stereocenters. The van der Waals surface area contributed by atoms with Crippen molar-refractivity contribution in [3.8, 4) is 0 Å². The molecule has 0 aliphatic carbocycles. The van der Waals surface area contributed by atoms with Crippen molar-refractivity contribution < 1.29 is 14.3 Å². The molecule has 30 heavy (non-hydrogen) atoms. The summed E-state index contributed by atoms with van der Waals surface area (Å²) in [7, 11) is 1.77. The van der Waals surface area contributed by atoms with Gasteiger partial charge in [0.2, 0.25) is 0 Å². The summed E-state index contributed by atoms with van der Waals surface area (Å²) in [6, 6.07) is 5.84. The van der Waals surface area contributed by atoms with Gasteiger partial charge in [0.15, 0.2) is 0 Å². The molecule has 3 aliphatic rings. The Labute approximate surface area is 178 Å². The van der Waals surface area contributed by atoms with Crippen molar-refractivity contribution in [3.05, 3.63) is 29.3 Å². The molecule has 0 saturated carbocycles. The molecule has 1 aromatic rings. The van der Waals surface area contributed by atoms with E-state index in [-0.39, 0.29) is 30.9 Å². The van der Waals surface area contributed by atoms with Crippen LogP contribution in [0.4, 0.5) is 10.5 Å². The molecule has 0 spiro atoms. The van der Waals surface area contributed by atoms with Crippen LogP contribution in [-0.2, 0) is 9.53 Å². The van der Waals surface area contributed by atoms with Crippen LogP contribution in [0.15, 0.2) is 18.2 Å². The zero-order valence-corrected chi connectivity index (χ0v) is 18.6. The average molecular weight is 416 g/mol. The minimum atomic E-state index is -0.392. The molecule has 3 amide bonds. The fourth-order valence-electron chi connectivity index (χ4n) is 4.83. The fraction of sp³-hybridized carbons (Fsp3) is 0.636. The number of benzene rings is 1. The first-order valence-electron chi connectivity index (χ1n) is 10.8. The van der Waals surface area contributed by atoms with Gasteiger partial charge in [-0.15, -0.1) is 0 Å². The molecule has 8 heteroatoms. The molecule has 3 fully saturated rings. The summed E-state index contributed by atoms with van der Waals surface area (Å²) in [5.74, 6) is 0.267. The highest BCUT2D eigenvalue weighted by Gasteiger charge is 2.56. The minimum Gasteiger partial charge on any atom is -0.380 e. The Morgan fingerprint density at radius 2 is 1.93 bits per heavy atom. The van der Waals surface area contributed by atoms with Gasteiger partial charge in [-0.25, -0.2) is 4.79 Å². The SMILES string of the molecule is CCOCCN1C(=O)C2C(NC3N(c4ccc(C)c(C)c4)CC(C)CN23)N(C)C1=O. The lowest BCUT2D eigenvalue weighted by Crippen LogP contribution is -2.67. The summed E-state index contributed by atoms with van der Waals surface area (Å²) in [5, 5.41) is 3.57. The number of aryl methyl sites for hydroxylation is 2. The molecule has 0 aromatic heterocycles. The van der Waals surface area contributed by atoms with Gasteiger partial charge in [-0.1, -0.05) is 13.0 Å². The normalized spacial score (nSPS) is 29.4. The lowest BCUT2D eigenvalue weighted by molar-refractivity contribution is -0.139. The second kappa shape index (κ2) is 8.17. The van der Waals surface area contributed by atoms with Crippen molar-refractivity contribution in [1.82, 2.24) is 20.0 Å². The number of ether oxygens (including phenoxy) is 1. The summed E-state index contributed by atoms with van der Waals surface area (Å²) in [6.07, 6.45) is -0.456. The highest BCUT2D eigenvalue weighted by Crippen LogP contribution is 2.34. The van der Waals surface area contributed by atoms with E-state index in [9.17, 15) is 9.59 Å². The van der Waals surface area contributed by atoms with Gasteiger partial charge in [-0.3, -0.25) is 19.9 Å². The van der Waals surface area contributed by atoms with Crippen LogP contribution in [-0.4, -0.2) is 85.0 Å². The van der Waals surface area contributed by atoms with Crippen LogP contribution in [0.1, 0.15) is 25.0 Å². The number of nitrogens with one attached hydrogen (secondary N) is 1. The molecule has 1 aromatic carbocycles. The maximum atomic E-state index is 13.4. The van der Waals surface area contributed by atoms with E-state index in [4.69, 9.17) is 4.74 Å². The lowest BCUT2D eigenvalue weighted by atomic mass is 10.0. The second-order valence-corrected chi connectivity index (χ2v) is 8.73. The Hall–Kier alpha value is -2.16. The van der Waals surface area contributed by atoms with E-state index in [1.54, 1.807) is 11.9 Å². The Bertz CT molecular complexity index is 831. The summed E-state index contributed by atoms with van der Waals surface area (Å²) in [4.78, 5) is 33.8. The van der Waals surface area contributed by atoms with Crippen molar-refractivity contribution in [1.29, 1.82) is 0 Å². The van der Waals surface area contributed by atoms with Crippen molar-refractivity contribution >= 4 is 17.6 Å². The standard InChI is InChI=1S/C22H33N5O3/c1-6-30-10-9-25-20(28)18-19(24(5)22(25)29)23-21-26(12-14(2)13-27(18)21)17-8-7-15(3)16(4)11-17/h7-8,11,14,18-19,21,23H,6,9-10,12-13H2,1-5H3. The Morgan fingerprint density at radius 1 is 1.17 bits per heavy atom. The molecular formula is C22H33N5O3. The smallest absolute Gasteiger partial charge is 0.327 e. The zero-order valence-electron chi connectivity index (χ0n) is 18.6. The molecule has 164 valence electrons. The predicted molar refractivity (Wildman–Crippen MR) is 115 cm³/mol. The molecule has 0 radical (unpaired) electrons. The Morgan fingerprint density at radius 3 is 2.63 bits per heavy atom. The number of likely N-dealkylation sites (N-methyl/N-ethyl adjacent to an activating group) is 1. The van der Waals surface area contributed by atoms with E-state index in [0.29, 0.717) is 19.1 Å². The predicted octanol–water partition coefficient (Wildman–Crippen LogP) is 1.57. The summed E-state index contributed by atoms with van der Waals surface area (Å²) < 4.78 is 5.40. The van der Waals surface area contributed by atoms with Gasteiger partial charge in [0, 0.05) is 32.4 Å². The third kappa shape index (κ3) is 3.46. The monoisotopic (exact) mass is 415 g/mol. The number of fused-ring (bicyclic) bond motifs is 3. The van der Waals surface area contributed by atoms with Crippen molar-refractivity contribution in [2.75, 3.05) is 44.8 Å². The largest absolute Gasteiger partial charge is 0.380 e. The van der Waals surface area contributed by atoms with Gasteiger partial charge in [0.25, 0.3) is 5.91 Å². The van der Waals surface area contributed by atoms with Gasteiger partial charge in [-0.2, -0.15) is 0 Å². The number of urea groups is 1.